The molecule has 0 saturated heterocycles. The maximum Gasteiger partial charge on any atom is 0.315 e. The van der Waals surface area contributed by atoms with Gasteiger partial charge in [-0.1, -0.05) is 6.07 Å². The Hall–Kier alpha value is -2.64. The summed E-state index contributed by atoms with van der Waals surface area (Å²) >= 11 is 0. The molecule has 2 heterocycles. The Morgan fingerprint density at radius 2 is 2.20 bits per heavy atom. The van der Waals surface area contributed by atoms with Gasteiger partial charge in [-0.3, -0.25) is 0 Å². The minimum Gasteiger partial charge on any atom is -0.474 e. The average molecular weight is 344 g/mol. The van der Waals surface area contributed by atoms with Gasteiger partial charge < -0.3 is 19.9 Å². The lowest BCUT2D eigenvalue weighted by atomic mass is 10.3. The van der Waals surface area contributed by atoms with Crippen molar-refractivity contribution >= 4 is 6.03 Å². The fraction of sp³-hybridized carbons (Fsp3) is 0.529. The van der Waals surface area contributed by atoms with E-state index in [0.717, 1.165) is 18.4 Å². The molecule has 2 aromatic rings. The smallest absolute Gasteiger partial charge is 0.315 e. The molecule has 2 aromatic heterocycles. The number of ether oxygens (including phenoxy) is 1. The van der Waals surface area contributed by atoms with Gasteiger partial charge in [0, 0.05) is 25.9 Å². The Morgan fingerprint density at radius 3 is 2.84 bits per heavy atom. The van der Waals surface area contributed by atoms with Gasteiger partial charge in [0.05, 0.1) is 6.04 Å². The lowest BCUT2D eigenvalue weighted by Gasteiger charge is -2.14. The van der Waals surface area contributed by atoms with Crippen LogP contribution in [0.3, 0.4) is 0 Å². The van der Waals surface area contributed by atoms with E-state index < -0.39 is 0 Å². The SMILES string of the molecule is C[C@@H](NC(=O)NCc1ccc(OC2CCCC2)nc1)c1nncn1C. The average Bonchev–Trinajstić information content (AvgIpc) is 3.26. The number of hydrogen-bond acceptors (Lipinski definition) is 5. The molecule has 0 radical (unpaired) electrons. The third-order valence-corrected chi connectivity index (χ3v) is 4.32. The summed E-state index contributed by atoms with van der Waals surface area (Å²) in [5, 5.41) is 13.4. The molecule has 0 aliphatic heterocycles. The number of pyridine rings is 1. The Kier molecular flexibility index (Phi) is 5.47. The van der Waals surface area contributed by atoms with E-state index in [1.165, 1.54) is 12.8 Å². The molecule has 8 heteroatoms. The van der Waals surface area contributed by atoms with Gasteiger partial charge in [-0.05, 0) is 38.2 Å². The molecular formula is C17H24N6O2. The summed E-state index contributed by atoms with van der Waals surface area (Å²) in [5.41, 5.74) is 0.917. The van der Waals surface area contributed by atoms with Gasteiger partial charge in [-0.25, -0.2) is 9.78 Å². The van der Waals surface area contributed by atoms with Crippen molar-refractivity contribution in [2.24, 2.45) is 7.05 Å². The summed E-state index contributed by atoms with van der Waals surface area (Å²) in [4.78, 5) is 16.3. The highest BCUT2D eigenvalue weighted by atomic mass is 16.5. The van der Waals surface area contributed by atoms with Crippen LogP contribution in [0, 0.1) is 0 Å². The Morgan fingerprint density at radius 1 is 1.40 bits per heavy atom. The molecule has 0 aromatic carbocycles. The number of nitrogens with zero attached hydrogens (tertiary/aromatic N) is 4. The molecule has 0 bridgehead atoms. The molecule has 1 atom stereocenters. The predicted molar refractivity (Wildman–Crippen MR) is 91.9 cm³/mol. The Labute approximate surface area is 147 Å². The summed E-state index contributed by atoms with van der Waals surface area (Å²) in [6.07, 6.45) is 8.31. The molecular weight excluding hydrogens is 320 g/mol. The van der Waals surface area contributed by atoms with Gasteiger partial charge in [0.1, 0.15) is 12.4 Å². The van der Waals surface area contributed by atoms with Crippen LogP contribution in [0.5, 0.6) is 5.88 Å². The zero-order chi connectivity index (χ0) is 17.6. The summed E-state index contributed by atoms with van der Waals surface area (Å²) in [5.74, 6) is 1.35. The number of urea groups is 1. The van der Waals surface area contributed by atoms with E-state index >= 15 is 0 Å². The van der Waals surface area contributed by atoms with E-state index in [1.807, 2.05) is 26.1 Å². The first-order chi connectivity index (χ1) is 12.1. The molecule has 1 saturated carbocycles. The second-order valence-corrected chi connectivity index (χ2v) is 6.38. The van der Waals surface area contributed by atoms with Crippen LogP contribution < -0.4 is 15.4 Å². The number of nitrogens with one attached hydrogen (secondary N) is 2. The van der Waals surface area contributed by atoms with E-state index in [4.69, 9.17) is 4.74 Å². The van der Waals surface area contributed by atoms with Crippen molar-refractivity contribution in [1.29, 1.82) is 0 Å². The lowest BCUT2D eigenvalue weighted by molar-refractivity contribution is 0.201. The summed E-state index contributed by atoms with van der Waals surface area (Å²) in [6.45, 7) is 2.26. The third kappa shape index (κ3) is 4.68. The van der Waals surface area contributed by atoms with E-state index in [0.29, 0.717) is 24.4 Å². The fourth-order valence-electron chi connectivity index (χ4n) is 2.94. The number of aryl methyl sites for hydroxylation is 1. The maximum absolute atomic E-state index is 12.0. The van der Waals surface area contributed by atoms with Crippen LogP contribution in [-0.2, 0) is 13.6 Å². The minimum atomic E-state index is -0.262. The van der Waals surface area contributed by atoms with Crippen molar-refractivity contribution in [3.8, 4) is 5.88 Å². The molecule has 3 rings (SSSR count). The zero-order valence-corrected chi connectivity index (χ0v) is 14.6. The number of carbonyl (C=O) groups is 1. The van der Waals surface area contributed by atoms with Crippen LogP contribution >= 0.6 is 0 Å². The van der Waals surface area contributed by atoms with Crippen LogP contribution in [0.2, 0.25) is 0 Å². The van der Waals surface area contributed by atoms with Gasteiger partial charge in [0.2, 0.25) is 5.88 Å². The van der Waals surface area contributed by atoms with Gasteiger partial charge in [-0.2, -0.15) is 0 Å². The number of amides is 2. The molecule has 0 spiro atoms. The Bertz CT molecular complexity index is 693. The van der Waals surface area contributed by atoms with Crippen LogP contribution in [0.4, 0.5) is 4.79 Å². The highest BCUT2D eigenvalue weighted by Crippen LogP contribution is 2.22. The number of carbonyl (C=O) groups excluding carboxylic acids is 1. The number of hydrogen-bond donors (Lipinski definition) is 2. The first-order valence-corrected chi connectivity index (χ1v) is 8.61. The van der Waals surface area contributed by atoms with Gasteiger partial charge in [-0.15, -0.1) is 10.2 Å². The van der Waals surface area contributed by atoms with E-state index in [9.17, 15) is 4.79 Å². The lowest BCUT2D eigenvalue weighted by Crippen LogP contribution is -2.37. The first-order valence-electron chi connectivity index (χ1n) is 8.61. The van der Waals surface area contributed by atoms with Crippen LogP contribution in [0.1, 0.15) is 50.0 Å². The highest BCUT2D eigenvalue weighted by Gasteiger charge is 2.17. The molecule has 2 N–H and O–H groups in total. The predicted octanol–water partition coefficient (Wildman–Crippen LogP) is 2.09. The minimum absolute atomic E-state index is 0.229. The van der Waals surface area contributed by atoms with Crippen molar-refractivity contribution in [3.05, 3.63) is 36.0 Å². The van der Waals surface area contributed by atoms with Gasteiger partial charge >= 0.3 is 6.03 Å². The topological polar surface area (TPSA) is 94.0 Å². The molecule has 8 nitrogen and oxygen atoms in total. The van der Waals surface area contributed by atoms with Crippen LogP contribution in [-0.4, -0.2) is 31.9 Å². The number of rotatable bonds is 6. The second kappa shape index (κ2) is 7.96. The summed E-state index contributed by atoms with van der Waals surface area (Å²) in [6, 6.07) is 3.29. The van der Waals surface area contributed by atoms with Crippen molar-refractivity contribution in [2.75, 3.05) is 0 Å². The Balaban J connectivity index is 1.44. The fourth-order valence-corrected chi connectivity index (χ4v) is 2.94. The normalized spacial score (nSPS) is 15.8. The highest BCUT2D eigenvalue weighted by molar-refractivity contribution is 5.74. The van der Waals surface area contributed by atoms with Gasteiger partial charge in [0.15, 0.2) is 5.82 Å². The molecule has 25 heavy (non-hydrogen) atoms. The maximum atomic E-state index is 12.0. The molecule has 1 aliphatic carbocycles. The van der Waals surface area contributed by atoms with Crippen molar-refractivity contribution < 1.29 is 9.53 Å². The van der Waals surface area contributed by atoms with Crippen LogP contribution in [0.25, 0.3) is 0 Å². The summed E-state index contributed by atoms with van der Waals surface area (Å²) < 4.78 is 7.61. The quantitative estimate of drug-likeness (QED) is 0.837. The molecule has 134 valence electrons. The molecule has 1 aliphatic rings. The standard InChI is InChI=1S/C17H24N6O2/c1-12(16-22-20-11-23(16)2)21-17(24)19-10-13-7-8-15(18-9-13)25-14-5-3-4-6-14/h7-9,11-12,14H,3-6,10H2,1-2H3,(H2,19,21,24)/t12-/m1/s1. The summed E-state index contributed by atoms with van der Waals surface area (Å²) in [7, 11) is 1.84. The van der Waals surface area contributed by atoms with E-state index in [1.54, 1.807) is 17.1 Å². The molecule has 0 unspecified atom stereocenters. The number of aromatic nitrogens is 4. The van der Waals surface area contributed by atoms with E-state index in [-0.39, 0.29) is 12.1 Å². The van der Waals surface area contributed by atoms with Crippen molar-refractivity contribution in [3.63, 3.8) is 0 Å². The van der Waals surface area contributed by atoms with Crippen molar-refractivity contribution in [1.82, 2.24) is 30.4 Å². The third-order valence-electron chi connectivity index (χ3n) is 4.32. The van der Waals surface area contributed by atoms with Crippen molar-refractivity contribution in [2.45, 2.75) is 51.3 Å². The monoisotopic (exact) mass is 344 g/mol. The largest absolute Gasteiger partial charge is 0.474 e. The second-order valence-electron chi connectivity index (χ2n) is 6.38. The van der Waals surface area contributed by atoms with Crippen LogP contribution in [0.15, 0.2) is 24.7 Å². The molecule has 1 fully saturated rings. The molecule has 2 amide bonds. The zero-order valence-electron chi connectivity index (χ0n) is 14.6. The first kappa shape index (κ1) is 17.2. The van der Waals surface area contributed by atoms with Gasteiger partial charge in [0.25, 0.3) is 0 Å². The van der Waals surface area contributed by atoms with E-state index in [2.05, 4.69) is 25.8 Å².